The van der Waals surface area contributed by atoms with Crippen LogP contribution < -0.4 is 0 Å². The van der Waals surface area contributed by atoms with E-state index in [1.807, 2.05) is 24.3 Å². The Kier molecular flexibility index (Phi) is 2.74. The van der Waals surface area contributed by atoms with Crippen LogP contribution >= 0.6 is 0 Å². The molecule has 1 unspecified atom stereocenters. The molecule has 0 saturated carbocycles. The van der Waals surface area contributed by atoms with Crippen LogP contribution in [0.1, 0.15) is 21.5 Å². The van der Waals surface area contributed by atoms with E-state index in [4.69, 9.17) is 0 Å². The molecular weight excluding hydrogens is 278 g/mol. The molecule has 0 aromatic heterocycles. The summed E-state index contributed by atoms with van der Waals surface area (Å²) in [6.07, 6.45) is -0.514. The molecule has 4 rings (SSSR count). The fourth-order valence-electron chi connectivity index (χ4n) is 3.03. The predicted octanol–water partition coefficient (Wildman–Crippen LogP) is 2.84. The second-order valence-electron chi connectivity index (χ2n) is 5.44. The lowest BCUT2D eigenvalue weighted by Gasteiger charge is -2.21. The average Bonchev–Trinajstić information content (AvgIpc) is 2.79. The molecular formula is C18H13NO3. The fourth-order valence-corrected chi connectivity index (χ4v) is 3.03. The monoisotopic (exact) mass is 291 g/mol. The topological polar surface area (TPSA) is 69.9 Å². The standard InChI is InChI=1S/C18H13NO3/c20-14-9-10-5-1-4-8-13(10)19-16(14)15-17(21)11-6-2-3-7-12(11)18(15)22/h1-8,14,20-21H,9H2. The van der Waals surface area contributed by atoms with E-state index in [0.29, 0.717) is 17.5 Å². The van der Waals surface area contributed by atoms with Crippen molar-refractivity contribution in [2.75, 3.05) is 0 Å². The van der Waals surface area contributed by atoms with E-state index >= 15 is 0 Å². The van der Waals surface area contributed by atoms with Gasteiger partial charge in [0, 0.05) is 17.5 Å². The second kappa shape index (κ2) is 4.64. The maximum Gasteiger partial charge on any atom is 0.199 e. The summed E-state index contributed by atoms with van der Waals surface area (Å²) in [5, 5.41) is 20.8. The van der Waals surface area contributed by atoms with Gasteiger partial charge in [0.25, 0.3) is 0 Å². The molecule has 0 saturated heterocycles. The van der Waals surface area contributed by atoms with Gasteiger partial charge in [0.2, 0.25) is 0 Å². The van der Waals surface area contributed by atoms with Crippen molar-refractivity contribution in [3.63, 3.8) is 0 Å². The van der Waals surface area contributed by atoms with Crippen LogP contribution in [0.4, 0.5) is 5.69 Å². The molecule has 1 heterocycles. The number of hydrogen-bond acceptors (Lipinski definition) is 4. The molecule has 2 N–H and O–H groups in total. The van der Waals surface area contributed by atoms with E-state index in [-0.39, 0.29) is 22.8 Å². The number of benzene rings is 2. The van der Waals surface area contributed by atoms with Gasteiger partial charge >= 0.3 is 0 Å². The van der Waals surface area contributed by atoms with Gasteiger partial charge in [-0.2, -0.15) is 0 Å². The molecule has 2 aliphatic rings. The number of aliphatic hydroxyl groups is 2. The van der Waals surface area contributed by atoms with Crippen molar-refractivity contribution in [3.8, 4) is 0 Å². The Morgan fingerprint density at radius 3 is 2.45 bits per heavy atom. The van der Waals surface area contributed by atoms with Gasteiger partial charge in [-0.1, -0.05) is 42.5 Å². The SMILES string of the molecule is O=C1C(C2=Nc3ccccc3CC2O)=C(O)c2ccccc21. The van der Waals surface area contributed by atoms with Gasteiger partial charge in [-0.15, -0.1) is 0 Å². The van der Waals surface area contributed by atoms with E-state index in [1.54, 1.807) is 24.3 Å². The normalized spacial score (nSPS) is 19.8. The predicted molar refractivity (Wildman–Crippen MR) is 83.6 cm³/mol. The molecule has 1 aliphatic heterocycles. The van der Waals surface area contributed by atoms with Crippen molar-refractivity contribution < 1.29 is 15.0 Å². The number of rotatable bonds is 1. The molecule has 4 nitrogen and oxygen atoms in total. The van der Waals surface area contributed by atoms with E-state index in [0.717, 1.165) is 11.3 Å². The van der Waals surface area contributed by atoms with E-state index in [2.05, 4.69) is 4.99 Å². The van der Waals surface area contributed by atoms with Gasteiger partial charge in [0.15, 0.2) is 5.78 Å². The third-order valence-corrected chi connectivity index (χ3v) is 4.11. The summed E-state index contributed by atoms with van der Waals surface area (Å²) in [5.41, 5.74) is 2.97. The van der Waals surface area contributed by atoms with Crippen molar-refractivity contribution in [1.82, 2.24) is 0 Å². The van der Waals surface area contributed by atoms with Crippen LogP contribution in [0.2, 0.25) is 0 Å². The molecule has 1 atom stereocenters. The Labute approximate surface area is 127 Å². The minimum atomic E-state index is -0.898. The van der Waals surface area contributed by atoms with Gasteiger partial charge in [0.1, 0.15) is 11.9 Å². The van der Waals surface area contributed by atoms with Crippen molar-refractivity contribution in [2.24, 2.45) is 4.99 Å². The van der Waals surface area contributed by atoms with Crippen molar-refractivity contribution in [2.45, 2.75) is 12.5 Å². The zero-order valence-electron chi connectivity index (χ0n) is 11.7. The highest BCUT2D eigenvalue weighted by Crippen LogP contribution is 2.35. The highest BCUT2D eigenvalue weighted by atomic mass is 16.3. The van der Waals surface area contributed by atoms with Crippen LogP contribution in [-0.4, -0.2) is 27.8 Å². The largest absolute Gasteiger partial charge is 0.506 e. The summed E-state index contributed by atoms with van der Waals surface area (Å²) in [6.45, 7) is 0. The molecule has 4 heteroatoms. The molecule has 1 aliphatic carbocycles. The van der Waals surface area contributed by atoms with Gasteiger partial charge < -0.3 is 10.2 Å². The lowest BCUT2D eigenvalue weighted by molar-refractivity contribution is 0.104. The van der Waals surface area contributed by atoms with Crippen LogP contribution in [-0.2, 0) is 6.42 Å². The summed E-state index contributed by atoms with van der Waals surface area (Å²) in [4.78, 5) is 17.0. The number of carbonyl (C=O) groups is 1. The first-order valence-corrected chi connectivity index (χ1v) is 7.09. The molecule has 22 heavy (non-hydrogen) atoms. The average molecular weight is 291 g/mol. The zero-order valence-corrected chi connectivity index (χ0v) is 11.7. The maximum absolute atomic E-state index is 12.6. The summed E-state index contributed by atoms with van der Waals surface area (Å²) >= 11 is 0. The highest BCUT2D eigenvalue weighted by molar-refractivity contribution is 6.37. The molecule has 2 aromatic rings. The number of para-hydroxylation sites is 1. The van der Waals surface area contributed by atoms with Gasteiger partial charge in [0.05, 0.1) is 17.0 Å². The van der Waals surface area contributed by atoms with Gasteiger partial charge in [-0.05, 0) is 11.6 Å². The van der Waals surface area contributed by atoms with E-state index in [9.17, 15) is 15.0 Å². The molecule has 0 bridgehead atoms. The van der Waals surface area contributed by atoms with Crippen LogP contribution in [0.3, 0.4) is 0 Å². The summed E-state index contributed by atoms with van der Waals surface area (Å²) in [7, 11) is 0. The third-order valence-electron chi connectivity index (χ3n) is 4.11. The number of carbonyl (C=O) groups excluding carboxylic acids is 1. The number of aliphatic hydroxyl groups excluding tert-OH is 2. The molecule has 0 fully saturated rings. The molecule has 0 spiro atoms. The van der Waals surface area contributed by atoms with E-state index in [1.165, 1.54) is 0 Å². The maximum atomic E-state index is 12.6. The Hall–Kier alpha value is -2.72. The lowest BCUT2D eigenvalue weighted by atomic mass is 9.93. The second-order valence-corrected chi connectivity index (χ2v) is 5.44. The summed E-state index contributed by atoms with van der Waals surface area (Å²) in [5.74, 6) is -0.386. The zero-order chi connectivity index (χ0) is 15.3. The number of nitrogens with zero attached hydrogens (tertiary/aromatic N) is 1. The Morgan fingerprint density at radius 2 is 1.68 bits per heavy atom. The molecule has 108 valence electrons. The van der Waals surface area contributed by atoms with Gasteiger partial charge in [-0.25, -0.2) is 4.99 Å². The fraction of sp³-hybridized carbons (Fsp3) is 0.111. The smallest absolute Gasteiger partial charge is 0.199 e. The van der Waals surface area contributed by atoms with Crippen molar-refractivity contribution in [3.05, 3.63) is 70.8 Å². The number of aliphatic imine (C=N–C) groups is 1. The number of Topliss-reactive ketones (excluding diaryl/α,β-unsaturated/α-hetero) is 1. The number of hydrogen-bond donors (Lipinski definition) is 2. The highest BCUT2D eigenvalue weighted by Gasteiger charge is 2.36. The van der Waals surface area contributed by atoms with Crippen molar-refractivity contribution >= 4 is 22.9 Å². The summed E-state index contributed by atoms with van der Waals surface area (Å²) < 4.78 is 0. The number of ketones is 1. The first-order valence-electron chi connectivity index (χ1n) is 7.09. The minimum Gasteiger partial charge on any atom is -0.506 e. The molecule has 0 amide bonds. The quantitative estimate of drug-likeness (QED) is 0.848. The first-order chi connectivity index (χ1) is 10.7. The lowest BCUT2D eigenvalue weighted by Crippen LogP contribution is -2.29. The van der Waals surface area contributed by atoms with Crippen LogP contribution in [0, 0.1) is 0 Å². The first kappa shape index (κ1) is 13.0. The van der Waals surface area contributed by atoms with E-state index < -0.39 is 6.10 Å². The Bertz CT molecular complexity index is 864. The molecule has 2 aromatic carbocycles. The molecule has 0 radical (unpaired) electrons. The minimum absolute atomic E-state index is 0.0993. The summed E-state index contributed by atoms with van der Waals surface area (Å²) in [6, 6.07) is 14.4. The number of fused-ring (bicyclic) bond motifs is 2. The van der Waals surface area contributed by atoms with Crippen LogP contribution in [0.25, 0.3) is 5.76 Å². The Morgan fingerprint density at radius 1 is 1.00 bits per heavy atom. The van der Waals surface area contributed by atoms with Crippen LogP contribution in [0.15, 0.2) is 59.1 Å². The third kappa shape index (κ3) is 1.74. The van der Waals surface area contributed by atoms with Crippen LogP contribution in [0.5, 0.6) is 0 Å². The van der Waals surface area contributed by atoms with Crippen molar-refractivity contribution in [1.29, 1.82) is 0 Å². The Balaban J connectivity index is 1.89. The van der Waals surface area contributed by atoms with Gasteiger partial charge in [-0.3, -0.25) is 4.79 Å².